The Kier molecular flexibility index (Phi) is 11.5. The molecule has 0 aromatic heterocycles. The fraction of sp³-hybridized carbons (Fsp3) is 0.649. The van der Waals surface area contributed by atoms with Gasteiger partial charge >= 0.3 is 0 Å². The summed E-state index contributed by atoms with van der Waals surface area (Å²) in [5.74, 6) is 0.630. The van der Waals surface area contributed by atoms with Gasteiger partial charge in [0, 0.05) is 12.3 Å². The molecular formula is C37H53NO4. The highest BCUT2D eigenvalue weighted by Gasteiger charge is 2.36. The highest BCUT2D eigenvalue weighted by atomic mass is 16.3. The molecule has 0 radical (unpaired) electrons. The quantitative estimate of drug-likeness (QED) is 0.215. The Morgan fingerprint density at radius 3 is 2.10 bits per heavy atom. The number of hydrogen-bond acceptors (Lipinski definition) is 4. The summed E-state index contributed by atoms with van der Waals surface area (Å²) in [7, 11) is 0. The molecule has 5 nitrogen and oxygen atoms in total. The van der Waals surface area contributed by atoms with Crippen LogP contribution in [-0.4, -0.2) is 39.5 Å². The Hall–Kier alpha value is -2.21. The molecule has 42 heavy (non-hydrogen) atoms. The number of benzene rings is 2. The number of fused-ring (bicyclic) bond motifs is 1. The van der Waals surface area contributed by atoms with Crippen LogP contribution in [-0.2, 0) is 17.6 Å². The fourth-order valence-electron chi connectivity index (χ4n) is 8.20. The first-order valence-corrected chi connectivity index (χ1v) is 16.9. The zero-order chi connectivity index (χ0) is 29.3. The summed E-state index contributed by atoms with van der Waals surface area (Å²) in [6.07, 6.45) is 14.6. The maximum Gasteiger partial charge on any atom is 0.224 e. The number of hydrogen-bond donors (Lipinski definition) is 4. The van der Waals surface area contributed by atoms with E-state index in [9.17, 15) is 20.1 Å². The van der Waals surface area contributed by atoms with Crippen molar-refractivity contribution >= 4 is 5.91 Å². The van der Waals surface area contributed by atoms with Gasteiger partial charge in [0.05, 0.1) is 24.4 Å². The minimum absolute atomic E-state index is 0.0180. The van der Waals surface area contributed by atoms with Crippen LogP contribution in [0.5, 0.6) is 0 Å². The number of aliphatic hydroxyl groups is 3. The third-order valence-corrected chi connectivity index (χ3v) is 10.5. The highest BCUT2D eigenvalue weighted by Crippen LogP contribution is 2.36. The van der Waals surface area contributed by atoms with E-state index in [1.54, 1.807) is 0 Å². The Labute approximate surface area is 253 Å². The number of rotatable bonds is 13. The molecule has 6 atom stereocenters. The van der Waals surface area contributed by atoms with Gasteiger partial charge in [0.1, 0.15) is 0 Å². The van der Waals surface area contributed by atoms with E-state index in [0.717, 1.165) is 29.5 Å². The molecule has 0 saturated heterocycles. The van der Waals surface area contributed by atoms with Crippen LogP contribution < -0.4 is 5.32 Å². The monoisotopic (exact) mass is 575 g/mol. The molecule has 230 valence electrons. The number of amides is 1. The summed E-state index contributed by atoms with van der Waals surface area (Å²) in [4.78, 5) is 13.9. The van der Waals surface area contributed by atoms with Crippen LogP contribution in [0.1, 0.15) is 113 Å². The van der Waals surface area contributed by atoms with Crippen molar-refractivity contribution in [1.82, 2.24) is 5.32 Å². The zero-order valence-corrected chi connectivity index (χ0v) is 25.4. The standard InChI is InChI=1S/C37H53NO4/c39-32(22-28-16-8-3-9-17-28)23-30(20-26-12-4-1-5-13-26)34(40)25-31(21-27-14-6-2-7-15-27)37(42)38-36-33-19-11-10-18-29(33)24-35(36)41/h2,6-7,10-11,14-15,18-19,26,28,30-32,34-36,39-41H,1,3-5,8-9,12-13,16-17,20-25H2,(H,38,42)/t30-,31-,32?,34+,35-,36+/m1/s1. The minimum Gasteiger partial charge on any atom is -0.393 e. The highest BCUT2D eigenvalue weighted by molar-refractivity contribution is 5.79. The molecule has 3 aliphatic carbocycles. The van der Waals surface area contributed by atoms with Gasteiger partial charge in [-0.1, -0.05) is 119 Å². The molecule has 2 aromatic carbocycles. The van der Waals surface area contributed by atoms with E-state index in [2.05, 4.69) is 5.32 Å². The lowest BCUT2D eigenvalue weighted by Gasteiger charge is -2.33. The fourth-order valence-corrected chi connectivity index (χ4v) is 8.20. The van der Waals surface area contributed by atoms with Crippen LogP contribution in [0.2, 0.25) is 0 Å². The summed E-state index contributed by atoms with van der Waals surface area (Å²) in [5, 5.41) is 37.0. The first-order valence-electron chi connectivity index (χ1n) is 16.9. The van der Waals surface area contributed by atoms with E-state index in [0.29, 0.717) is 37.5 Å². The van der Waals surface area contributed by atoms with Crippen molar-refractivity contribution in [2.45, 2.75) is 127 Å². The van der Waals surface area contributed by atoms with Crippen LogP contribution in [0.25, 0.3) is 0 Å². The maximum absolute atomic E-state index is 13.9. The molecule has 3 aliphatic rings. The molecule has 0 aliphatic heterocycles. The summed E-state index contributed by atoms with van der Waals surface area (Å²) < 4.78 is 0. The van der Waals surface area contributed by atoms with Gasteiger partial charge < -0.3 is 20.6 Å². The van der Waals surface area contributed by atoms with Crippen LogP contribution >= 0.6 is 0 Å². The van der Waals surface area contributed by atoms with Crippen LogP contribution in [0.15, 0.2) is 54.6 Å². The molecule has 2 fully saturated rings. The largest absolute Gasteiger partial charge is 0.393 e. The zero-order valence-electron chi connectivity index (χ0n) is 25.4. The molecule has 1 amide bonds. The van der Waals surface area contributed by atoms with Crippen molar-refractivity contribution < 1.29 is 20.1 Å². The van der Waals surface area contributed by atoms with Gasteiger partial charge in [-0.3, -0.25) is 4.79 Å². The second-order valence-electron chi connectivity index (χ2n) is 13.8. The van der Waals surface area contributed by atoms with Crippen molar-refractivity contribution in [3.8, 4) is 0 Å². The van der Waals surface area contributed by atoms with E-state index < -0.39 is 30.3 Å². The topological polar surface area (TPSA) is 89.8 Å². The van der Waals surface area contributed by atoms with E-state index in [1.165, 1.54) is 64.2 Å². The number of nitrogens with one attached hydrogen (secondary N) is 1. The van der Waals surface area contributed by atoms with Gasteiger partial charge in [0.2, 0.25) is 5.91 Å². The predicted octanol–water partition coefficient (Wildman–Crippen LogP) is 6.68. The second-order valence-corrected chi connectivity index (χ2v) is 13.8. The average Bonchev–Trinajstić information content (AvgIpc) is 3.32. The Morgan fingerprint density at radius 1 is 0.786 bits per heavy atom. The summed E-state index contributed by atoms with van der Waals surface area (Å²) in [6, 6.07) is 17.5. The molecule has 2 saturated carbocycles. The number of aliphatic hydroxyl groups excluding tert-OH is 3. The van der Waals surface area contributed by atoms with E-state index >= 15 is 0 Å². The van der Waals surface area contributed by atoms with Gasteiger partial charge in [0.25, 0.3) is 0 Å². The molecule has 0 spiro atoms. The van der Waals surface area contributed by atoms with E-state index in [-0.39, 0.29) is 11.8 Å². The molecule has 4 N–H and O–H groups in total. The molecule has 0 heterocycles. The molecule has 5 heteroatoms. The summed E-state index contributed by atoms with van der Waals surface area (Å²) in [5.41, 5.74) is 3.13. The molecule has 1 unspecified atom stereocenters. The van der Waals surface area contributed by atoms with E-state index in [4.69, 9.17) is 0 Å². The maximum atomic E-state index is 13.9. The minimum atomic E-state index is -0.659. The molecule has 5 rings (SSSR count). The van der Waals surface area contributed by atoms with Crippen LogP contribution in [0.3, 0.4) is 0 Å². The predicted molar refractivity (Wildman–Crippen MR) is 168 cm³/mol. The first-order chi connectivity index (χ1) is 20.5. The number of carbonyl (C=O) groups excluding carboxylic acids is 1. The normalized spacial score (nSPS) is 24.5. The molecule has 0 bridgehead atoms. The second kappa shape index (κ2) is 15.5. The van der Waals surface area contributed by atoms with Crippen molar-refractivity contribution in [2.24, 2.45) is 23.7 Å². The summed E-state index contributed by atoms with van der Waals surface area (Å²) >= 11 is 0. The van der Waals surface area contributed by atoms with Crippen molar-refractivity contribution in [2.75, 3.05) is 0 Å². The van der Waals surface area contributed by atoms with Gasteiger partial charge in [-0.2, -0.15) is 0 Å². The first kappa shape index (κ1) is 31.2. The lowest BCUT2D eigenvalue weighted by Crippen LogP contribution is -2.41. The van der Waals surface area contributed by atoms with E-state index in [1.807, 2.05) is 54.6 Å². The van der Waals surface area contributed by atoms with Gasteiger partial charge in [-0.05, 0) is 66.5 Å². The summed E-state index contributed by atoms with van der Waals surface area (Å²) in [6.45, 7) is 0. The third-order valence-electron chi connectivity index (χ3n) is 10.5. The smallest absolute Gasteiger partial charge is 0.224 e. The SMILES string of the molecule is O=C(N[C@H]1c2ccccc2C[C@H]1O)[C@H](Cc1ccccc1)C[C@H](O)[C@@H](CC(O)CC1CCCCC1)CC1CCCCC1. The van der Waals surface area contributed by atoms with Crippen molar-refractivity contribution in [3.05, 3.63) is 71.3 Å². The molecular weight excluding hydrogens is 522 g/mol. The van der Waals surface area contributed by atoms with Gasteiger partial charge in [0.15, 0.2) is 0 Å². The average molecular weight is 576 g/mol. The van der Waals surface area contributed by atoms with Crippen molar-refractivity contribution in [1.29, 1.82) is 0 Å². The van der Waals surface area contributed by atoms with Crippen LogP contribution in [0.4, 0.5) is 0 Å². The molecule has 2 aromatic rings. The van der Waals surface area contributed by atoms with Crippen LogP contribution in [0, 0.1) is 23.7 Å². The third kappa shape index (κ3) is 8.67. The Balaban J connectivity index is 1.30. The van der Waals surface area contributed by atoms with Gasteiger partial charge in [-0.15, -0.1) is 0 Å². The van der Waals surface area contributed by atoms with Gasteiger partial charge in [-0.25, -0.2) is 0 Å². The lowest BCUT2D eigenvalue weighted by atomic mass is 9.76. The Morgan fingerprint density at radius 2 is 1.40 bits per heavy atom. The lowest BCUT2D eigenvalue weighted by molar-refractivity contribution is -0.128. The number of carbonyl (C=O) groups is 1. The Bertz CT molecular complexity index is 1090. The van der Waals surface area contributed by atoms with Crippen molar-refractivity contribution in [3.63, 3.8) is 0 Å².